The normalized spacial score (nSPS) is 9.80. The summed E-state index contributed by atoms with van der Waals surface area (Å²) in [6, 6.07) is 12.2. The second-order valence-corrected chi connectivity index (χ2v) is 4.32. The molecule has 0 saturated heterocycles. The van der Waals surface area contributed by atoms with Crippen LogP contribution in [0.4, 0.5) is 5.82 Å². The van der Waals surface area contributed by atoms with E-state index in [0.717, 1.165) is 11.3 Å². The number of nitrogens with one attached hydrogen (secondary N) is 1. The van der Waals surface area contributed by atoms with E-state index in [4.69, 9.17) is 10.4 Å². The zero-order valence-corrected chi connectivity index (χ0v) is 10.9. The maximum absolute atomic E-state index is 10.9. The van der Waals surface area contributed by atoms with E-state index in [0.29, 0.717) is 17.9 Å². The van der Waals surface area contributed by atoms with Gasteiger partial charge in [-0.25, -0.2) is 9.78 Å². The molecule has 0 aliphatic heterocycles. The predicted octanol–water partition coefficient (Wildman–Crippen LogP) is 2.57. The Labute approximate surface area is 116 Å². The Balaban J connectivity index is 2.17. The summed E-state index contributed by atoms with van der Waals surface area (Å²) in [5.74, 6) is -0.452. The summed E-state index contributed by atoms with van der Waals surface area (Å²) in [6.45, 7) is 2.25. The Morgan fingerprint density at radius 1 is 1.40 bits per heavy atom. The topological polar surface area (TPSA) is 86.0 Å². The lowest BCUT2D eigenvalue weighted by Gasteiger charge is -2.08. The van der Waals surface area contributed by atoms with Gasteiger partial charge in [-0.1, -0.05) is 12.1 Å². The van der Waals surface area contributed by atoms with Gasteiger partial charge in [0.05, 0.1) is 11.1 Å². The number of carbonyl (C=O) groups is 1. The number of aryl methyl sites for hydroxylation is 1. The smallest absolute Gasteiger partial charge is 0.335 e. The highest BCUT2D eigenvalue weighted by Crippen LogP contribution is 2.14. The first kappa shape index (κ1) is 13.6. The third-order valence-electron chi connectivity index (χ3n) is 2.79. The molecule has 5 heteroatoms. The summed E-state index contributed by atoms with van der Waals surface area (Å²) in [4.78, 5) is 15.2. The summed E-state index contributed by atoms with van der Waals surface area (Å²) >= 11 is 0. The molecule has 100 valence electrons. The molecule has 1 heterocycles. The number of hydrogen-bond acceptors (Lipinski definition) is 4. The molecule has 1 aromatic carbocycles. The number of nitriles is 1. The van der Waals surface area contributed by atoms with Gasteiger partial charge in [-0.2, -0.15) is 5.26 Å². The number of carboxylic acid groups (broad SMARTS) is 1. The molecule has 0 bridgehead atoms. The molecule has 0 unspecified atom stereocenters. The third-order valence-corrected chi connectivity index (χ3v) is 2.79. The zero-order chi connectivity index (χ0) is 14.5. The van der Waals surface area contributed by atoms with Crippen LogP contribution in [0.1, 0.15) is 27.2 Å². The number of carboxylic acids is 1. The first-order valence-electron chi connectivity index (χ1n) is 6.04. The summed E-state index contributed by atoms with van der Waals surface area (Å²) in [5, 5.41) is 21.0. The minimum atomic E-state index is -0.960. The van der Waals surface area contributed by atoms with E-state index in [1.54, 1.807) is 24.3 Å². The number of hydrogen-bond donors (Lipinski definition) is 2. The molecular formula is C15H13N3O2. The molecule has 0 fully saturated rings. The SMILES string of the molecule is Cc1ccc(C#N)c(NCc2cccc(C(=O)O)c2)n1. The van der Waals surface area contributed by atoms with Crippen LogP contribution in [-0.2, 0) is 6.54 Å². The molecule has 2 N–H and O–H groups in total. The molecule has 0 amide bonds. The quantitative estimate of drug-likeness (QED) is 0.889. The Morgan fingerprint density at radius 2 is 2.20 bits per heavy atom. The molecule has 1 aromatic heterocycles. The van der Waals surface area contributed by atoms with E-state index in [9.17, 15) is 4.79 Å². The molecule has 0 radical (unpaired) electrons. The second kappa shape index (κ2) is 5.85. The number of benzene rings is 1. The molecule has 5 nitrogen and oxygen atoms in total. The van der Waals surface area contributed by atoms with Gasteiger partial charge in [0.2, 0.25) is 0 Å². The maximum Gasteiger partial charge on any atom is 0.335 e. The van der Waals surface area contributed by atoms with Gasteiger partial charge in [0.25, 0.3) is 0 Å². The highest BCUT2D eigenvalue weighted by molar-refractivity contribution is 5.87. The molecule has 0 spiro atoms. The Bertz CT molecular complexity index is 690. The Hall–Kier alpha value is -2.87. The van der Waals surface area contributed by atoms with Gasteiger partial charge in [-0.05, 0) is 36.8 Å². The molecule has 0 atom stereocenters. The molecule has 0 aliphatic rings. The van der Waals surface area contributed by atoms with Crippen molar-refractivity contribution in [2.45, 2.75) is 13.5 Å². The van der Waals surface area contributed by atoms with Gasteiger partial charge in [0, 0.05) is 12.2 Å². The van der Waals surface area contributed by atoms with Crippen molar-refractivity contribution in [3.63, 3.8) is 0 Å². The van der Waals surface area contributed by atoms with Crippen molar-refractivity contribution in [2.75, 3.05) is 5.32 Å². The molecular weight excluding hydrogens is 254 g/mol. The van der Waals surface area contributed by atoms with Crippen LogP contribution < -0.4 is 5.32 Å². The van der Waals surface area contributed by atoms with Gasteiger partial charge < -0.3 is 10.4 Å². The van der Waals surface area contributed by atoms with Crippen LogP contribution in [0.15, 0.2) is 36.4 Å². The summed E-state index contributed by atoms with van der Waals surface area (Å²) < 4.78 is 0. The lowest BCUT2D eigenvalue weighted by atomic mass is 10.1. The highest BCUT2D eigenvalue weighted by Gasteiger charge is 2.06. The van der Waals surface area contributed by atoms with Gasteiger partial charge in [0.15, 0.2) is 0 Å². The average Bonchev–Trinajstić information content (AvgIpc) is 2.45. The number of aromatic nitrogens is 1. The fraction of sp³-hybridized carbons (Fsp3) is 0.133. The zero-order valence-electron chi connectivity index (χ0n) is 10.9. The van der Waals surface area contributed by atoms with E-state index in [-0.39, 0.29) is 5.56 Å². The van der Waals surface area contributed by atoms with Crippen LogP contribution >= 0.6 is 0 Å². The van der Waals surface area contributed by atoms with Crippen LogP contribution in [0.3, 0.4) is 0 Å². The summed E-state index contributed by atoms with van der Waals surface area (Å²) in [6.07, 6.45) is 0. The van der Waals surface area contributed by atoms with Crippen LogP contribution in [0.2, 0.25) is 0 Å². The Morgan fingerprint density at radius 3 is 2.90 bits per heavy atom. The van der Waals surface area contributed by atoms with Crippen LogP contribution in [0.5, 0.6) is 0 Å². The lowest BCUT2D eigenvalue weighted by Crippen LogP contribution is -2.05. The number of pyridine rings is 1. The van der Waals surface area contributed by atoms with Crippen molar-refractivity contribution in [1.29, 1.82) is 5.26 Å². The minimum absolute atomic E-state index is 0.238. The molecule has 0 saturated carbocycles. The van der Waals surface area contributed by atoms with E-state index >= 15 is 0 Å². The highest BCUT2D eigenvalue weighted by atomic mass is 16.4. The number of anilines is 1. The van der Waals surface area contributed by atoms with E-state index in [1.165, 1.54) is 6.07 Å². The monoisotopic (exact) mass is 267 g/mol. The first-order valence-corrected chi connectivity index (χ1v) is 6.04. The van der Waals surface area contributed by atoms with Gasteiger partial charge in [0.1, 0.15) is 11.9 Å². The number of aromatic carboxylic acids is 1. The predicted molar refractivity (Wildman–Crippen MR) is 74.4 cm³/mol. The van der Waals surface area contributed by atoms with E-state index in [2.05, 4.69) is 16.4 Å². The van der Waals surface area contributed by atoms with Crippen molar-refractivity contribution in [3.8, 4) is 6.07 Å². The minimum Gasteiger partial charge on any atom is -0.478 e. The third kappa shape index (κ3) is 3.12. The maximum atomic E-state index is 10.9. The van der Waals surface area contributed by atoms with Gasteiger partial charge >= 0.3 is 5.97 Å². The second-order valence-electron chi connectivity index (χ2n) is 4.32. The first-order chi connectivity index (χ1) is 9.60. The number of nitrogens with zero attached hydrogens (tertiary/aromatic N) is 2. The Kier molecular flexibility index (Phi) is 3.96. The lowest BCUT2D eigenvalue weighted by molar-refractivity contribution is 0.0697. The van der Waals surface area contributed by atoms with Crippen molar-refractivity contribution < 1.29 is 9.90 Å². The molecule has 0 aliphatic carbocycles. The molecule has 2 rings (SSSR count). The van der Waals surface area contributed by atoms with Crippen LogP contribution in [0.25, 0.3) is 0 Å². The van der Waals surface area contributed by atoms with Gasteiger partial charge in [-0.15, -0.1) is 0 Å². The van der Waals surface area contributed by atoms with Crippen molar-refractivity contribution >= 4 is 11.8 Å². The fourth-order valence-corrected chi connectivity index (χ4v) is 1.78. The largest absolute Gasteiger partial charge is 0.478 e. The van der Waals surface area contributed by atoms with Crippen LogP contribution in [0, 0.1) is 18.3 Å². The van der Waals surface area contributed by atoms with Crippen LogP contribution in [-0.4, -0.2) is 16.1 Å². The standard InChI is InChI=1S/C15H13N3O2/c1-10-5-6-13(8-16)14(18-10)17-9-11-3-2-4-12(7-11)15(19)20/h2-7H,9H2,1H3,(H,17,18)(H,19,20). The molecule has 2 aromatic rings. The van der Waals surface area contributed by atoms with E-state index in [1.807, 2.05) is 13.0 Å². The average molecular weight is 267 g/mol. The summed E-state index contributed by atoms with van der Waals surface area (Å²) in [5.41, 5.74) is 2.33. The van der Waals surface area contributed by atoms with Crippen molar-refractivity contribution in [3.05, 3.63) is 58.8 Å². The fourth-order valence-electron chi connectivity index (χ4n) is 1.78. The summed E-state index contributed by atoms with van der Waals surface area (Å²) in [7, 11) is 0. The number of rotatable bonds is 4. The van der Waals surface area contributed by atoms with Crippen molar-refractivity contribution in [1.82, 2.24) is 4.98 Å². The van der Waals surface area contributed by atoms with Gasteiger partial charge in [-0.3, -0.25) is 0 Å². The van der Waals surface area contributed by atoms with E-state index < -0.39 is 5.97 Å². The molecule has 20 heavy (non-hydrogen) atoms. The van der Waals surface area contributed by atoms with Crippen molar-refractivity contribution in [2.24, 2.45) is 0 Å².